The van der Waals surface area contributed by atoms with E-state index in [4.69, 9.17) is 4.74 Å². The summed E-state index contributed by atoms with van der Waals surface area (Å²) in [6.07, 6.45) is -0.245. The molecule has 0 unspecified atom stereocenters. The molecule has 0 bridgehead atoms. The third-order valence-electron chi connectivity index (χ3n) is 4.01. The van der Waals surface area contributed by atoms with Crippen molar-refractivity contribution in [3.8, 4) is 0 Å². The van der Waals surface area contributed by atoms with E-state index in [0.29, 0.717) is 18.7 Å². The summed E-state index contributed by atoms with van der Waals surface area (Å²) >= 11 is 0. The van der Waals surface area contributed by atoms with Crippen LogP contribution in [0, 0.1) is 0 Å². The molecular weight excluding hydrogens is 390 g/mol. The molecule has 31 heavy (non-hydrogen) atoms. The maximum absolute atomic E-state index is 12.1. The minimum atomic E-state index is -0.465. The lowest BCUT2D eigenvalue weighted by Gasteiger charge is -2.35. The molecule has 0 radical (unpaired) electrons. The molecule has 0 aromatic heterocycles. The Morgan fingerprint density at radius 3 is 1.90 bits per heavy atom. The first-order chi connectivity index (χ1) is 14.7. The van der Waals surface area contributed by atoms with Crippen molar-refractivity contribution in [1.82, 2.24) is 14.7 Å². The van der Waals surface area contributed by atoms with Crippen LogP contribution in [-0.2, 0) is 11.3 Å². The molecule has 1 heterocycles. The van der Waals surface area contributed by atoms with E-state index in [0.717, 1.165) is 25.2 Å². The van der Waals surface area contributed by atoms with Gasteiger partial charge in [-0.25, -0.2) is 4.79 Å². The van der Waals surface area contributed by atoms with Crippen LogP contribution in [0.3, 0.4) is 0 Å². The van der Waals surface area contributed by atoms with E-state index in [9.17, 15) is 9.59 Å². The van der Waals surface area contributed by atoms with Crippen LogP contribution < -0.4 is 0 Å². The van der Waals surface area contributed by atoms with Crippen LogP contribution in [0.15, 0.2) is 24.3 Å². The molecule has 2 amide bonds. The lowest BCUT2D eigenvalue weighted by molar-refractivity contribution is 0.0139. The molecule has 1 aromatic rings. The number of carbonyl (C=O) groups is 2. The highest BCUT2D eigenvalue weighted by molar-refractivity contribution is 5.94. The zero-order valence-electron chi connectivity index (χ0n) is 21.9. The zero-order valence-corrected chi connectivity index (χ0v) is 21.9. The average Bonchev–Trinajstić information content (AvgIpc) is 2.77. The fourth-order valence-corrected chi connectivity index (χ4v) is 2.73. The van der Waals surface area contributed by atoms with Gasteiger partial charge in [0, 0.05) is 52.4 Å². The number of ether oxygens (including phenoxy) is 1. The number of benzene rings is 1. The minimum Gasteiger partial charge on any atom is -0.444 e. The number of hydrogen-bond donors (Lipinski definition) is 0. The third kappa shape index (κ3) is 12.4. The second kappa shape index (κ2) is 16.6. The summed E-state index contributed by atoms with van der Waals surface area (Å²) in [5.41, 5.74) is 1.35. The van der Waals surface area contributed by atoms with Crippen LogP contribution in [0.4, 0.5) is 4.79 Å². The zero-order chi connectivity index (χ0) is 24.6. The fourth-order valence-electron chi connectivity index (χ4n) is 2.73. The van der Waals surface area contributed by atoms with E-state index < -0.39 is 5.60 Å². The van der Waals surface area contributed by atoms with Gasteiger partial charge in [-0.05, 0) is 38.5 Å². The molecule has 1 aliphatic rings. The maximum Gasteiger partial charge on any atom is 0.410 e. The molecule has 6 nitrogen and oxygen atoms in total. The first kappa shape index (κ1) is 31.1. The molecule has 0 saturated carbocycles. The van der Waals surface area contributed by atoms with Gasteiger partial charge in [0.25, 0.3) is 5.91 Å². The maximum atomic E-state index is 12.1. The van der Waals surface area contributed by atoms with Crippen LogP contribution in [0.5, 0.6) is 0 Å². The van der Waals surface area contributed by atoms with Gasteiger partial charge in [-0.15, -0.1) is 0 Å². The van der Waals surface area contributed by atoms with E-state index in [-0.39, 0.29) is 12.0 Å². The SMILES string of the molecule is CC.CC.CC.CN(C)C(=O)c1cccc(CN2CCN(C(=O)OC(C)(C)C)CC2)c1. The lowest BCUT2D eigenvalue weighted by atomic mass is 10.1. The summed E-state index contributed by atoms with van der Waals surface area (Å²) in [5.74, 6) is 0.0107. The fraction of sp³-hybridized carbons (Fsp3) is 0.680. The van der Waals surface area contributed by atoms with Crippen molar-refractivity contribution < 1.29 is 14.3 Å². The summed E-state index contributed by atoms with van der Waals surface area (Å²) in [6, 6.07) is 7.74. The second-order valence-electron chi connectivity index (χ2n) is 7.64. The molecular formula is C25H47N3O3. The molecule has 6 heteroatoms. The number of rotatable bonds is 3. The molecule has 1 saturated heterocycles. The van der Waals surface area contributed by atoms with Gasteiger partial charge in [0.05, 0.1) is 0 Å². The summed E-state index contributed by atoms with van der Waals surface area (Å²) in [4.78, 5) is 29.8. The third-order valence-corrected chi connectivity index (χ3v) is 4.01. The van der Waals surface area contributed by atoms with E-state index in [2.05, 4.69) is 4.90 Å². The predicted octanol–water partition coefficient (Wildman–Crippen LogP) is 5.52. The number of piperazine rings is 1. The summed E-state index contributed by atoms with van der Waals surface area (Å²) in [5, 5.41) is 0. The average molecular weight is 438 g/mol. The van der Waals surface area contributed by atoms with Crippen molar-refractivity contribution in [3.05, 3.63) is 35.4 Å². The summed E-state index contributed by atoms with van der Waals surface area (Å²) < 4.78 is 5.42. The standard InChI is InChI=1S/C19H29N3O3.3C2H6/c1-19(2,3)25-18(24)22-11-9-21(10-12-22)14-15-7-6-8-16(13-15)17(23)20(4)5;3*1-2/h6-8,13H,9-12,14H2,1-5H3;3*1-2H3. The second-order valence-corrected chi connectivity index (χ2v) is 7.64. The topological polar surface area (TPSA) is 53.1 Å². The minimum absolute atomic E-state index is 0.0107. The Morgan fingerprint density at radius 1 is 0.935 bits per heavy atom. The first-order valence-electron chi connectivity index (χ1n) is 11.7. The van der Waals surface area contributed by atoms with Crippen LogP contribution in [0.1, 0.15) is 78.2 Å². The highest BCUT2D eigenvalue weighted by atomic mass is 16.6. The molecule has 1 aliphatic heterocycles. The molecule has 0 N–H and O–H groups in total. The van der Waals surface area contributed by atoms with Gasteiger partial charge >= 0.3 is 6.09 Å². The predicted molar refractivity (Wildman–Crippen MR) is 132 cm³/mol. The van der Waals surface area contributed by atoms with Gasteiger partial charge in [0.2, 0.25) is 0 Å². The largest absolute Gasteiger partial charge is 0.444 e. The van der Waals surface area contributed by atoms with Crippen molar-refractivity contribution in [1.29, 1.82) is 0 Å². The van der Waals surface area contributed by atoms with Crippen LogP contribution in [0.2, 0.25) is 0 Å². The Balaban J connectivity index is 0. The molecule has 0 aliphatic carbocycles. The van der Waals surface area contributed by atoms with Crippen molar-refractivity contribution in [2.45, 2.75) is 74.5 Å². The molecule has 0 atom stereocenters. The molecule has 2 rings (SSSR count). The molecule has 180 valence electrons. The Bertz CT molecular complexity index is 617. The van der Waals surface area contributed by atoms with Gasteiger partial charge in [-0.1, -0.05) is 53.7 Å². The van der Waals surface area contributed by atoms with Crippen LogP contribution >= 0.6 is 0 Å². The molecule has 0 spiro atoms. The van der Waals surface area contributed by atoms with Crippen LogP contribution in [0.25, 0.3) is 0 Å². The van der Waals surface area contributed by atoms with Gasteiger partial charge in [0.15, 0.2) is 0 Å². The monoisotopic (exact) mass is 437 g/mol. The Labute approximate surface area is 191 Å². The van der Waals surface area contributed by atoms with Gasteiger partial charge in [-0.2, -0.15) is 0 Å². The van der Waals surface area contributed by atoms with E-state index in [1.165, 1.54) is 0 Å². The number of carbonyl (C=O) groups excluding carboxylic acids is 2. The van der Waals surface area contributed by atoms with Crippen molar-refractivity contribution in [3.63, 3.8) is 0 Å². The molecule has 1 aromatic carbocycles. The highest BCUT2D eigenvalue weighted by Crippen LogP contribution is 2.14. The van der Waals surface area contributed by atoms with Gasteiger partial charge < -0.3 is 14.5 Å². The van der Waals surface area contributed by atoms with Crippen molar-refractivity contribution >= 4 is 12.0 Å². The smallest absolute Gasteiger partial charge is 0.410 e. The molecule has 1 fully saturated rings. The van der Waals surface area contributed by atoms with Crippen molar-refractivity contribution in [2.75, 3.05) is 40.3 Å². The van der Waals surface area contributed by atoms with Gasteiger partial charge in [-0.3, -0.25) is 9.69 Å². The Hall–Kier alpha value is -2.08. The number of nitrogens with zero attached hydrogens (tertiary/aromatic N) is 3. The van der Waals surface area contributed by atoms with Crippen LogP contribution in [-0.4, -0.2) is 72.6 Å². The first-order valence-corrected chi connectivity index (χ1v) is 11.7. The van der Waals surface area contributed by atoms with Gasteiger partial charge in [0.1, 0.15) is 5.60 Å². The van der Waals surface area contributed by atoms with E-state index in [1.54, 1.807) is 23.9 Å². The normalized spacial score (nSPS) is 13.3. The number of hydrogen-bond acceptors (Lipinski definition) is 4. The van der Waals surface area contributed by atoms with E-state index in [1.807, 2.05) is 86.6 Å². The van der Waals surface area contributed by atoms with E-state index >= 15 is 0 Å². The summed E-state index contributed by atoms with van der Waals surface area (Å²) in [7, 11) is 3.51. The Morgan fingerprint density at radius 2 is 1.45 bits per heavy atom. The van der Waals surface area contributed by atoms with Crippen molar-refractivity contribution in [2.24, 2.45) is 0 Å². The summed E-state index contributed by atoms with van der Waals surface area (Å²) in [6.45, 7) is 21.3. The lowest BCUT2D eigenvalue weighted by Crippen LogP contribution is -2.49. The highest BCUT2D eigenvalue weighted by Gasteiger charge is 2.25. The number of amides is 2. The quantitative estimate of drug-likeness (QED) is 0.625. The Kier molecular flexibility index (Phi) is 16.7.